The predicted molar refractivity (Wildman–Crippen MR) is 77.8 cm³/mol. The molecular weight excluding hydrogens is 256 g/mol. The molecule has 0 bridgehead atoms. The van der Waals surface area contributed by atoms with Gasteiger partial charge in [0.15, 0.2) is 6.23 Å². The van der Waals surface area contributed by atoms with Gasteiger partial charge >= 0.3 is 0 Å². The number of carbonyl (C=O) groups is 1. The minimum absolute atomic E-state index is 0.0332. The molecular formula is C15H22N2O3. The summed E-state index contributed by atoms with van der Waals surface area (Å²) in [6, 6.07) is 5.59. The number of amides is 1. The summed E-state index contributed by atoms with van der Waals surface area (Å²) in [4.78, 5) is 11.4. The first-order valence-electron chi connectivity index (χ1n) is 7.11. The molecule has 5 heteroatoms. The number of ether oxygens (including phenoxy) is 1. The lowest BCUT2D eigenvalue weighted by Gasteiger charge is -2.26. The van der Waals surface area contributed by atoms with Crippen LogP contribution in [0.1, 0.15) is 32.3 Å². The van der Waals surface area contributed by atoms with E-state index >= 15 is 0 Å². The van der Waals surface area contributed by atoms with Crippen LogP contribution in [0.4, 0.5) is 5.69 Å². The zero-order valence-electron chi connectivity index (χ0n) is 12.0. The lowest BCUT2D eigenvalue weighted by atomic mass is 10.0. The number of aliphatic hydroxyl groups is 1. The quantitative estimate of drug-likeness (QED) is 0.692. The molecule has 1 aromatic carbocycles. The van der Waals surface area contributed by atoms with E-state index in [9.17, 15) is 9.90 Å². The van der Waals surface area contributed by atoms with Gasteiger partial charge in [-0.1, -0.05) is 13.0 Å². The molecule has 0 radical (unpaired) electrons. The molecule has 0 fully saturated rings. The van der Waals surface area contributed by atoms with Crippen molar-refractivity contribution in [2.75, 3.05) is 11.9 Å². The number of anilines is 1. The van der Waals surface area contributed by atoms with Crippen LogP contribution in [0.2, 0.25) is 0 Å². The van der Waals surface area contributed by atoms with Crippen LogP contribution >= 0.6 is 0 Å². The average molecular weight is 278 g/mol. The van der Waals surface area contributed by atoms with Gasteiger partial charge in [0.2, 0.25) is 5.91 Å². The second-order valence-electron chi connectivity index (χ2n) is 5.06. The number of rotatable bonds is 6. The number of aliphatic hydroxyl groups excluding tert-OH is 1. The molecule has 2 unspecified atom stereocenters. The van der Waals surface area contributed by atoms with E-state index in [0.717, 1.165) is 30.0 Å². The molecule has 0 aromatic heterocycles. The summed E-state index contributed by atoms with van der Waals surface area (Å²) in [6.07, 6.45) is 1.04. The average Bonchev–Trinajstić information content (AvgIpc) is 2.42. The van der Waals surface area contributed by atoms with Gasteiger partial charge in [0, 0.05) is 17.7 Å². The largest absolute Gasteiger partial charge is 0.472 e. The number of nitrogens with one attached hydrogen (secondary N) is 2. The predicted octanol–water partition coefficient (Wildman–Crippen LogP) is 1.66. The highest BCUT2D eigenvalue weighted by Gasteiger charge is 2.22. The molecule has 0 spiro atoms. The van der Waals surface area contributed by atoms with Crippen LogP contribution < -0.4 is 15.4 Å². The molecule has 1 aromatic rings. The Kier molecular flexibility index (Phi) is 4.98. The van der Waals surface area contributed by atoms with E-state index in [0.29, 0.717) is 12.8 Å². The monoisotopic (exact) mass is 278 g/mol. The summed E-state index contributed by atoms with van der Waals surface area (Å²) >= 11 is 0. The highest BCUT2D eigenvalue weighted by Crippen LogP contribution is 2.31. The number of fused-ring (bicyclic) bond motifs is 1. The van der Waals surface area contributed by atoms with E-state index in [1.54, 1.807) is 6.92 Å². The van der Waals surface area contributed by atoms with Crippen molar-refractivity contribution >= 4 is 11.6 Å². The van der Waals surface area contributed by atoms with Crippen LogP contribution in [0.5, 0.6) is 5.75 Å². The Balaban J connectivity index is 2.16. The van der Waals surface area contributed by atoms with E-state index in [2.05, 4.69) is 17.6 Å². The van der Waals surface area contributed by atoms with Crippen LogP contribution in [0.3, 0.4) is 0 Å². The Morgan fingerprint density at radius 2 is 2.25 bits per heavy atom. The molecule has 1 aliphatic rings. The van der Waals surface area contributed by atoms with Crippen molar-refractivity contribution in [1.82, 2.24) is 5.32 Å². The molecule has 3 N–H and O–H groups in total. The fraction of sp³-hybridized carbons (Fsp3) is 0.533. The topological polar surface area (TPSA) is 70.6 Å². The van der Waals surface area contributed by atoms with E-state index < -0.39 is 12.3 Å². The molecule has 0 aliphatic carbocycles. The summed E-state index contributed by atoms with van der Waals surface area (Å²) in [7, 11) is 0. The summed E-state index contributed by atoms with van der Waals surface area (Å²) in [5.74, 6) is 0.753. The molecule has 0 saturated carbocycles. The number of carbonyl (C=O) groups excluding carboxylic acids is 1. The first kappa shape index (κ1) is 14.8. The maximum absolute atomic E-state index is 11.4. The third-order valence-corrected chi connectivity index (χ3v) is 3.30. The van der Waals surface area contributed by atoms with Crippen molar-refractivity contribution in [3.8, 4) is 5.75 Å². The fourth-order valence-electron chi connectivity index (χ4n) is 2.24. The van der Waals surface area contributed by atoms with Crippen molar-refractivity contribution in [2.24, 2.45) is 0 Å². The third-order valence-electron chi connectivity index (χ3n) is 3.30. The molecule has 20 heavy (non-hydrogen) atoms. The van der Waals surface area contributed by atoms with Crippen LogP contribution in [-0.4, -0.2) is 29.9 Å². The molecule has 5 nitrogen and oxygen atoms in total. The summed E-state index contributed by atoms with van der Waals surface area (Å²) in [6.45, 7) is 4.54. The molecule has 0 saturated heterocycles. The highest BCUT2D eigenvalue weighted by atomic mass is 16.5. The molecule has 1 amide bonds. The first-order chi connectivity index (χ1) is 9.61. The molecule has 1 aliphatic heterocycles. The molecule has 110 valence electrons. The van der Waals surface area contributed by atoms with Gasteiger partial charge in [-0.15, -0.1) is 0 Å². The Morgan fingerprint density at radius 1 is 1.45 bits per heavy atom. The van der Waals surface area contributed by atoms with E-state index in [-0.39, 0.29) is 5.91 Å². The Hall–Kier alpha value is -1.59. The Morgan fingerprint density at radius 3 is 2.95 bits per heavy atom. The van der Waals surface area contributed by atoms with Gasteiger partial charge in [0.25, 0.3) is 0 Å². The van der Waals surface area contributed by atoms with Crippen LogP contribution in [0, 0.1) is 0 Å². The second-order valence-corrected chi connectivity index (χ2v) is 5.06. The number of hydrogen-bond donors (Lipinski definition) is 3. The fourth-order valence-corrected chi connectivity index (χ4v) is 2.24. The van der Waals surface area contributed by atoms with E-state index in [1.165, 1.54) is 0 Å². The van der Waals surface area contributed by atoms with Crippen LogP contribution in [0.25, 0.3) is 0 Å². The van der Waals surface area contributed by atoms with Crippen molar-refractivity contribution in [3.63, 3.8) is 0 Å². The standard InChI is InChI=1S/C15H22N2O3/c1-3-9-16-15(10(2)18)20-13-6-4-5-12-11(13)7-8-14(19)17-12/h4-6,10,15-16,18H,3,7-9H2,1-2H3,(H,17,19). The van der Waals surface area contributed by atoms with Gasteiger partial charge < -0.3 is 15.2 Å². The normalized spacial score (nSPS) is 17.1. The minimum atomic E-state index is -0.615. The van der Waals surface area contributed by atoms with E-state index in [4.69, 9.17) is 4.74 Å². The smallest absolute Gasteiger partial charge is 0.224 e. The Bertz CT molecular complexity index is 474. The zero-order valence-corrected chi connectivity index (χ0v) is 12.0. The van der Waals surface area contributed by atoms with Crippen LogP contribution in [0.15, 0.2) is 18.2 Å². The van der Waals surface area contributed by atoms with Gasteiger partial charge in [-0.25, -0.2) is 0 Å². The highest BCUT2D eigenvalue weighted by molar-refractivity contribution is 5.94. The van der Waals surface area contributed by atoms with Gasteiger partial charge in [-0.2, -0.15) is 0 Å². The summed E-state index contributed by atoms with van der Waals surface area (Å²) in [5.41, 5.74) is 1.80. The minimum Gasteiger partial charge on any atom is -0.472 e. The van der Waals surface area contributed by atoms with Gasteiger partial charge in [-0.05, 0) is 38.4 Å². The van der Waals surface area contributed by atoms with Crippen molar-refractivity contribution in [2.45, 2.75) is 45.4 Å². The van der Waals surface area contributed by atoms with E-state index in [1.807, 2.05) is 18.2 Å². The van der Waals surface area contributed by atoms with Crippen molar-refractivity contribution in [3.05, 3.63) is 23.8 Å². The van der Waals surface area contributed by atoms with Crippen molar-refractivity contribution in [1.29, 1.82) is 0 Å². The maximum Gasteiger partial charge on any atom is 0.224 e. The van der Waals surface area contributed by atoms with Gasteiger partial charge in [0.05, 0.1) is 0 Å². The maximum atomic E-state index is 11.4. The summed E-state index contributed by atoms with van der Waals surface area (Å²) in [5, 5.41) is 15.8. The van der Waals surface area contributed by atoms with Crippen LogP contribution in [-0.2, 0) is 11.2 Å². The zero-order chi connectivity index (χ0) is 14.5. The third kappa shape index (κ3) is 3.49. The lowest BCUT2D eigenvalue weighted by Crippen LogP contribution is -2.43. The van der Waals surface area contributed by atoms with Crippen molar-refractivity contribution < 1.29 is 14.6 Å². The SMILES string of the molecule is CCCNC(Oc1cccc2c1CCC(=O)N2)C(C)O. The Labute approximate surface area is 119 Å². The molecule has 2 rings (SSSR count). The van der Waals surface area contributed by atoms with Gasteiger partial charge in [0.1, 0.15) is 11.9 Å². The number of hydrogen-bond acceptors (Lipinski definition) is 4. The first-order valence-corrected chi connectivity index (χ1v) is 7.11. The van der Waals surface area contributed by atoms with Gasteiger partial charge in [-0.3, -0.25) is 10.1 Å². The second kappa shape index (κ2) is 6.72. The lowest BCUT2D eigenvalue weighted by molar-refractivity contribution is -0.116. The molecule has 2 atom stereocenters. The molecule has 1 heterocycles. The summed E-state index contributed by atoms with van der Waals surface area (Å²) < 4.78 is 5.90. The number of benzene rings is 1.